The van der Waals surface area contributed by atoms with Gasteiger partial charge in [0.05, 0.1) is 37.8 Å². The van der Waals surface area contributed by atoms with Crippen LogP contribution in [0.5, 0.6) is 5.75 Å². The van der Waals surface area contributed by atoms with E-state index < -0.39 is 6.04 Å². The number of carbonyl (C=O) groups is 3. The summed E-state index contributed by atoms with van der Waals surface area (Å²) in [5.41, 5.74) is 3.61. The number of hydrogen-bond donors (Lipinski definition) is 0. The van der Waals surface area contributed by atoms with Crippen LogP contribution in [0.2, 0.25) is 0 Å². The topological polar surface area (TPSA) is 99.9 Å². The van der Waals surface area contributed by atoms with Crippen molar-refractivity contribution in [2.24, 2.45) is 0 Å². The van der Waals surface area contributed by atoms with Gasteiger partial charge in [-0.05, 0) is 36.1 Å². The van der Waals surface area contributed by atoms with E-state index in [1.54, 1.807) is 17.0 Å². The molecule has 0 aromatic heterocycles. The van der Waals surface area contributed by atoms with Crippen LogP contribution in [-0.4, -0.2) is 59.6 Å². The fourth-order valence-corrected chi connectivity index (χ4v) is 5.18. The summed E-state index contributed by atoms with van der Waals surface area (Å²) in [7, 11) is 0. The quantitative estimate of drug-likeness (QED) is 0.456. The Balaban J connectivity index is 1.30. The van der Waals surface area contributed by atoms with Gasteiger partial charge in [0.1, 0.15) is 24.2 Å². The molecule has 36 heavy (non-hydrogen) atoms. The molecular weight excluding hydrogens is 458 g/mol. The first-order valence-electron chi connectivity index (χ1n) is 12.5. The minimum atomic E-state index is -0.617. The number of morpholine rings is 1. The van der Waals surface area contributed by atoms with Gasteiger partial charge in [0, 0.05) is 37.2 Å². The Labute approximate surface area is 210 Å². The van der Waals surface area contributed by atoms with E-state index >= 15 is 0 Å². The number of amides is 1. The van der Waals surface area contributed by atoms with Crippen LogP contribution in [0.3, 0.4) is 0 Å². The van der Waals surface area contributed by atoms with Crippen molar-refractivity contribution in [3.8, 4) is 11.8 Å². The highest BCUT2D eigenvalue weighted by Gasteiger charge is 2.39. The zero-order valence-electron chi connectivity index (χ0n) is 20.2. The Morgan fingerprint density at radius 2 is 1.78 bits per heavy atom. The Bertz CT molecular complexity index is 1210. The lowest BCUT2D eigenvalue weighted by molar-refractivity contribution is -0.128. The van der Waals surface area contributed by atoms with Gasteiger partial charge in [-0.25, -0.2) is 0 Å². The predicted molar refractivity (Wildman–Crippen MR) is 130 cm³/mol. The summed E-state index contributed by atoms with van der Waals surface area (Å²) in [6, 6.07) is 13.0. The molecule has 2 fully saturated rings. The number of nitriles is 1. The highest BCUT2D eigenvalue weighted by molar-refractivity contribution is 6.06. The Kier molecular flexibility index (Phi) is 7.12. The van der Waals surface area contributed by atoms with Gasteiger partial charge in [-0.2, -0.15) is 5.26 Å². The smallest absolute Gasteiger partial charge is 0.255 e. The fraction of sp³-hybridized carbons (Fsp3) is 0.429. The number of ketones is 2. The molecule has 1 saturated heterocycles. The average Bonchev–Trinajstić information content (AvgIpc) is 3.12. The lowest BCUT2D eigenvalue weighted by atomic mass is 10.0. The highest BCUT2D eigenvalue weighted by Crippen LogP contribution is 2.36. The maximum absolute atomic E-state index is 13.2. The summed E-state index contributed by atoms with van der Waals surface area (Å²) in [6.07, 6.45) is 1.31. The molecule has 1 atom stereocenters. The second kappa shape index (κ2) is 10.6. The number of benzene rings is 2. The number of ether oxygens (including phenoxy) is 2. The molecule has 2 heterocycles. The summed E-state index contributed by atoms with van der Waals surface area (Å²) in [4.78, 5) is 41.6. The molecule has 2 aromatic carbocycles. The summed E-state index contributed by atoms with van der Waals surface area (Å²) in [5, 5.41) is 9.69. The number of nitrogens with zero attached hydrogens (tertiary/aromatic N) is 3. The molecule has 1 saturated carbocycles. The first kappa shape index (κ1) is 24.2. The zero-order chi connectivity index (χ0) is 25.1. The van der Waals surface area contributed by atoms with Crippen LogP contribution in [0.15, 0.2) is 36.4 Å². The van der Waals surface area contributed by atoms with E-state index in [-0.39, 0.29) is 37.0 Å². The molecule has 1 aliphatic carbocycles. The van der Waals surface area contributed by atoms with Gasteiger partial charge in [0.15, 0.2) is 5.78 Å². The fourth-order valence-electron chi connectivity index (χ4n) is 5.18. The van der Waals surface area contributed by atoms with Crippen LogP contribution in [0.25, 0.3) is 0 Å². The van der Waals surface area contributed by atoms with Crippen molar-refractivity contribution < 1.29 is 23.9 Å². The largest absolute Gasteiger partial charge is 0.487 e. The predicted octanol–water partition coefficient (Wildman–Crippen LogP) is 3.01. The maximum atomic E-state index is 13.2. The van der Waals surface area contributed by atoms with E-state index in [4.69, 9.17) is 9.47 Å². The molecule has 8 heteroatoms. The van der Waals surface area contributed by atoms with Crippen LogP contribution in [0.1, 0.15) is 58.3 Å². The van der Waals surface area contributed by atoms with Crippen molar-refractivity contribution in [3.63, 3.8) is 0 Å². The van der Waals surface area contributed by atoms with Crippen molar-refractivity contribution in [3.05, 3.63) is 64.2 Å². The molecule has 5 rings (SSSR count). The molecule has 0 N–H and O–H groups in total. The molecule has 186 valence electrons. The molecule has 0 radical (unpaired) electrons. The van der Waals surface area contributed by atoms with Gasteiger partial charge in [-0.15, -0.1) is 0 Å². The summed E-state index contributed by atoms with van der Waals surface area (Å²) < 4.78 is 11.5. The summed E-state index contributed by atoms with van der Waals surface area (Å²) in [6.45, 7) is 4.72. The second-order valence-corrected chi connectivity index (χ2v) is 9.60. The number of rotatable bonds is 6. The minimum Gasteiger partial charge on any atom is -0.487 e. The van der Waals surface area contributed by atoms with E-state index in [2.05, 4.69) is 23.1 Å². The number of fused-ring (bicyclic) bond motifs is 1. The third-order valence-electron chi connectivity index (χ3n) is 7.17. The molecule has 0 bridgehead atoms. The molecule has 0 spiro atoms. The summed E-state index contributed by atoms with van der Waals surface area (Å²) in [5.74, 6) is -0.142. The standard InChI is InChI=1S/C28H29N3O5/c29-15-21-8-9-23-24(17-31(28(23)34)25-3-1-2-22(32)14-26(25)33)27(21)36-18-20-6-4-19(5-7-20)16-30-10-12-35-13-11-30/h4-9,25H,1-3,10-14,16-18H2/t25-/m0/s1. The molecule has 8 nitrogen and oxygen atoms in total. The van der Waals surface area contributed by atoms with Crippen LogP contribution in [0, 0.1) is 11.3 Å². The average molecular weight is 488 g/mol. The third kappa shape index (κ3) is 5.03. The van der Waals surface area contributed by atoms with Crippen LogP contribution >= 0.6 is 0 Å². The van der Waals surface area contributed by atoms with E-state index in [1.807, 2.05) is 12.1 Å². The molecule has 2 aliphatic heterocycles. The Morgan fingerprint density at radius 3 is 2.53 bits per heavy atom. The van der Waals surface area contributed by atoms with E-state index in [9.17, 15) is 19.6 Å². The Morgan fingerprint density at radius 1 is 1.03 bits per heavy atom. The lowest BCUT2D eigenvalue weighted by Crippen LogP contribution is -2.41. The lowest BCUT2D eigenvalue weighted by Gasteiger charge is -2.26. The monoisotopic (exact) mass is 487 g/mol. The van der Waals surface area contributed by atoms with Crippen molar-refractivity contribution >= 4 is 17.5 Å². The van der Waals surface area contributed by atoms with Gasteiger partial charge >= 0.3 is 0 Å². The Hall–Kier alpha value is -3.54. The second-order valence-electron chi connectivity index (χ2n) is 9.60. The summed E-state index contributed by atoms with van der Waals surface area (Å²) >= 11 is 0. The van der Waals surface area contributed by atoms with Gasteiger partial charge in [-0.1, -0.05) is 24.3 Å². The third-order valence-corrected chi connectivity index (χ3v) is 7.17. The van der Waals surface area contributed by atoms with Crippen molar-refractivity contribution in [2.45, 2.75) is 51.4 Å². The first-order chi connectivity index (χ1) is 17.5. The van der Waals surface area contributed by atoms with E-state index in [0.29, 0.717) is 41.7 Å². The van der Waals surface area contributed by atoms with Crippen molar-refractivity contribution in [2.75, 3.05) is 26.3 Å². The number of hydrogen-bond acceptors (Lipinski definition) is 7. The van der Waals surface area contributed by atoms with Gasteiger partial charge in [0.25, 0.3) is 5.91 Å². The molecule has 0 unspecified atom stereocenters. The normalized spacial score (nSPS) is 20.7. The molecule has 1 amide bonds. The van der Waals surface area contributed by atoms with Crippen LogP contribution < -0.4 is 4.74 Å². The van der Waals surface area contributed by atoms with E-state index in [0.717, 1.165) is 38.4 Å². The molecular formula is C28H29N3O5. The van der Waals surface area contributed by atoms with Crippen molar-refractivity contribution in [1.82, 2.24) is 9.80 Å². The number of carbonyl (C=O) groups excluding carboxylic acids is 3. The SMILES string of the molecule is N#Cc1ccc2c(c1OCc1ccc(CN3CCOCC3)cc1)CN([C@H]1CCCC(=O)CC1=O)C2=O. The highest BCUT2D eigenvalue weighted by atomic mass is 16.5. The van der Waals surface area contributed by atoms with Crippen LogP contribution in [0.4, 0.5) is 0 Å². The maximum Gasteiger partial charge on any atom is 0.255 e. The van der Waals surface area contributed by atoms with Gasteiger partial charge in [-0.3, -0.25) is 19.3 Å². The molecule has 3 aliphatic rings. The zero-order valence-corrected chi connectivity index (χ0v) is 20.2. The van der Waals surface area contributed by atoms with Gasteiger partial charge in [0.2, 0.25) is 0 Å². The minimum absolute atomic E-state index is 0.0709. The van der Waals surface area contributed by atoms with Crippen molar-refractivity contribution in [1.29, 1.82) is 5.26 Å². The first-order valence-corrected chi connectivity index (χ1v) is 12.5. The molecule has 2 aromatic rings. The number of Topliss-reactive ketones (excluding diaryl/α,β-unsaturated/α-hetero) is 2. The van der Waals surface area contributed by atoms with Crippen LogP contribution in [-0.2, 0) is 34.0 Å². The van der Waals surface area contributed by atoms with Gasteiger partial charge < -0.3 is 14.4 Å². The van der Waals surface area contributed by atoms with E-state index in [1.165, 1.54) is 5.56 Å².